The van der Waals surface area contributed by atoms with Crippen molar-refractivity contribution < 1.29 is 13.6 Å². The number of amides is 1. The van der Waals surface area contributed by atoms with Crippen molar-refractivity contribution >= 4 is 5.91 Å². The van der Waals surface area contributed by atoms with Gasteiger partial charge in [0, 0.05) is 31.9 Å². The molecule has 6 heteroatoms. The van der Waals surface area contributed by atoms with Gasteiger partial charge in [-0.3, -0.25) is 9.78 Å². The van der Waals surface area contributed by atoms with Gasteiger partial charge in [-0.05, 0) is 42.7 Å². The van der Waals surface area contributed by atoms with Gasteiger partial charge >= 0.3 is 0 Å². The average Bonchev–Trinajstić information content (AvgIpc) is 3.18. The topological polar surface area (TPSA) is 59.2 Å². The summed E-state index contributed by atoms with van der Waals surface area (Å²) in [7, 11) is 0. The van der Waals surface area contributed by atoms with E-state index in [0.29, 0.717) is 24.4 Å². The molecule has 1 aliphatic rings. The van der Waals surface area contributed by atoms with Crippen molar-refractivity contribution in [1.82, 2.24) is 14.9 Å². The summed E-state index contributed by atoms with van der Waals surface area (Å²) in [6.07, 6.45) is 7.39. The number of carbonyl (C=O) groups excluding carboxylic acids is 1. The van der Waals surface area contributed by atoms with Crippen LogP contribution in [0.15, 0.2) is 59.4 Å². The smallest absolute Gasteiger partial charge is 0.255 e. The summed E-state index contributed by atoms with van der Waals surface area (Å²) >= 11 is 0. The Morgan fingerprint density at radius 3 is 2.85 bits per heavy atom. The minimum atomic E-state index is -0.252. The zero-order chi connectivity index (χ0) is 18.6. The highest BCUT2D eigenvalue weighted by molar-refractivity contribution is 5.93. The van der Waals surface area contributed by atoms with Crippen molar-refractivity contribution in [3.8, 4) is 0 Å². The molecule has 1 saturated heterocycles. The van der Waals surface area contributed by atoms with E-state index in [1.165, 1.54) is 12.1 Å². The molecule has 3 heterocycles. The molecule has 0 aliphatic carbocycles. The molecule has 0 radical (unpaired) electrons. The molecule has 1 aliphatic heterocycles. The fourth-order valence-electron chi connectivity index (χ4n) is 3.43. The van der Waals surface area contributed by atoms with Crippen LogP contribution in [0.2, 0.25) is 0 Å². The first-order valence-electron chi connectivity index (χ1n) is 9.07. The lowest BCUT2D eigenvalue weighted by Crippen LogP contribution is -2.39. The number of rotatable bonds is 4. The first kappa shape index (κ1) is 17.4. The van der Waals surface area contributed by atoms with Crippen LogP contribution < -0.4 is 0 Å². The van der Waals surface area contributed by atoms with Gasteiger partial charge < -0.3 is 9.32 Å². The van der Waals surface area contributed by atoms with Gasteiger partial charge in [-0.1, -0.05) is 12.1 Å². The van der Waals surface area contributed by atoms with Crippen LogP contribution in [-0.4, -0.2) is 33.9 Å². The Balaban J connectivity index is 1.43. The molecular weight excluding hydrogens is 345 g/mol. The van der Waals surface area contributed by atoms with E-state index in [9.17, 15) is 9.18 Å². The third-order valence-corrected chi connectivity index (χ3v) is 4.83. The fraction of sp³-hybridized carbons (Fsp3) is 0.286. The highest BCUT2D eigenvalue weighted by Crippen LogP contribution is 2.28. The van der Waals surface area contributed by atoms with Gasteiger partial charge in [-0.15, -0.1) is 0 Å². The molecule has 0 unspecified atom stereocenters. The van der Waals surface area contributed by atoms with Gasteiger partial charge in [0.15, 0.2) is 5.89 Å². The van der Waals surface area contributed by atoms with Crippen LogP contribution in [0, 0.1) is 5.82 Å². The molecule has 0 bridgehead atoms. The summed E-state index contributed by atoms with van der Waals surface area (Å²) in [4.78, 5) is 23.0. The molecule has 138 valence electrons. The molecule has 0 saturated carbocycles. The monoisotopic (exact) mass is 365 g/mol. The lowest BCUT2D eigenvalue weighted by Gasteiger charge is -2.31. The lowest BCUT2D eigenvalue weighted by atomic mass is 9.97. The molecule has 2 aromatic heterocycles. The van der Waals surface area contributed by atoms with E-state index in [0.717, 1.165) is 30.7 Å². The third-order valence-electron chi connectivity index (χ3n) is 4.83. The minimum absolute atomic E-state index is 0.00843. The van der Waals surface area contributed by atoms with E-state index in [2.05, 4.69) is 9.97 Å². The average molecular weight is 365 g/mol. The molecule has 1 atom stereocenters. The Bertz CT molecular complexity index is 909. The zero-order valence-electron chi connectivity index (χ0n) is 14.8. The minimum Gasteiger partial charge on any atom is -0.445 e. The number of aromatic nitrogens is 2. The summed E-state index contributed by atoms with van der Waals surface area (Å²) in [5.74, 6) is 1.23. The summed E-state index contributed by atoms with van der Waals surface area (Å²) < 4.78 is 19.0. The standard InChI is InChI=1S/C21H20FN3O2/c22-18-7-5-15(6-8-18)11-19-13-24-20(27-19)17-4-2-10-25(14-17)21(26)16-3-1-9-23-12-16/h1,3,5-9,12-13,17H,2,4,10-11,14H2/t17-/m0/s1. The molecule has 4 rings (SSSR count). The molecule has 3 aromatic rings. The number of nitrogens with zero attached hydrogens (tertiary/aromatic N) is 3. The fourth-order valence-corrected chi connectivity index (χ4v) is 3.43. The Kier molecular flexibility index (Phi) is 4.96. The second kappa shape index (κ2) is 7.70. The van der Waals surface area contributed by atoms with E-state index in [-0.39, 0.29) is 17.6 Å². The predicted octanol–water partition coefficient (Wildman–Crippen LogP) is 3.82. The Morgan fingerprint density at radius 2 is 2.07 bits per heavy atom. The Hall–Kier alpha value is -3.02. The largest absolute Gasteiger partial charge is 0.445 e. The Labute approximate surface area is 156 Å². The molecule has 0 N–H and O–H groups in total. The van der Waals surface area contributed by atoms with E-state index < -0.39 is 0 Å². The summed E-state index contributed by atoms with van der Waals surface area (Å²) in [5.41, 5.74) is 1.57. The molecular formula is C21H20FN3O2. The number of piperidine rings is 1. The van der Waals surface area contributed by atoms with E-state index in [1.807, 2.05) is 4.90 Å². The highest BCUT2D eigenvalue weighted by Gasteiger charge is 2.28. The van der Waals surface area contributed by atoms with Gasteiger partial charge in [-0.25, -0.2) is 9.37 Å². The lowest BCUT2D eigenvalue weighted by molar-refractivity contribution is 0.0697. The van der Waals surface area contributed by atoms with Crippen LogP contribution in [0.25, 0.3) is 0 Å². The van der Waals surface area contributed by atoms with Crippen LogP contribution in [0.1, 0.15) is 46.3 Å². The van der Waals surface area contributed by atoms with Gasteiger partial charge in [0.05, 0.1) is 17.7 Å². The molecule has 27 heavy (non-hydrogen) atoms. The first-order chi connectivity index (χ1) is 13.2. The number of oxazole rings is 1. The normalized spacial score (nSPS) is 17.1. The quantitative estimate of drug-likeness (QED) is 0.705. The molecule has 1 fully saturated rings. The van der Waals surface area contributed by atoms with Gasteiger partial charge in [0.1, 0.15) is 11.6 Å². The summed E-state index contributed by atoms with van der Waals surface area (Å²) in [6, 6.07) is 9.92. The number of benzene rings is 1. The van der Waals surface area contributed by atoms with Gasteiger partial charge in [-0.2, -0.15) is 0 Å². The second-order valence-corrected chi connectivity index (χ2v) is 6.80. The van der Waals surface area contributed by atoms with E-state index in [1.54, 1.807) is 42.9 Å². The highest BCUT2D eigenvalue weighted by atomic mass is 19.1. The first-order valence-corrected chi connectivity index (χ1v) is 9.07. The molecule has 1 amide bonds. The number of carbonyl (C=O) groups is 1. The summed E-state index contributed by atoms with van der Waals surface area (Å²) in [5, 5.41) is 0. The number of likely N-dealkylation sites (tertiary alicyclic amines) is 1. The maximum atomic E-state index is 13.0. The van der Waals surface area contributed by atoms with E-state index in [4.69, 9.17) is 4.42 Å². The van der Waals surface area contributed by atoms with Crippen LogP contribution >= 0.6 is 0 Å². The Morgan fingerprint density at radius 1 is 1.22 bits per heavy atom. The summed E-state index contributed by atoms with van der Waals surface area (Å²) in [6.45, 7) is 1.32. The molecule has 1 aromatic carbocycles. The molecule has 5 nitrogen and oxygen atoms in total. The van der Waals surface area contributed by atoms with Crippen LogP contribution in [0.3, 0.4) is 0 Å². The molecule has 0 spiro atoms. The van der Waals surface area contributed by atoms with E-state index >= 15 is 0 Å². The van der Waals surface area contributed by atoms with Crippen molar-refractivity contribution in [2.24, 2.45) is 0 Å². The zero-order valence-corrected chi connectivity index (χ0v) is 14.8. The number of halogens is 1. The van der Waals surface area contributed by atoms with Crippen LogP contribution in [0.4, 0.5) is 4.39 Å². The van der Waals surface area contributed by atoms with Crippen molar-refractivity contribution in [3.05, 3.63) is 83.6 Å². The van der Waals surface area contributed by atoms with Crippen molar-refractivity contribution in [2.75, 3.05) is 13.1 Å². The van der Waals surface area contributed by atoms with Crippen LogP contribution in [0.5, 0.6) is 0 Å². The van der Waals surface area contributed by atoms with Crippen molar-refractivity contribution in [2.45, 2.75) is 25.2 Å². The third kappa shape index (κ3) is 4.05. The number of pyridine rings is 1. The maximum Gasteiger partial charge on any atom is 0.255 e. The maximum absolute atomic E-state index is 13.0. The number of hydrogen-bond acceptors (Lipinski definition) is 4. The predicted molar refractivity (Wildman–Crippen MR) is 97.8 cm³/mol. The van der Waals surface area contributed by atoms with Crippen molar-refractivity contribution in [1.29, 1.82) is 0 Å². The van der Waals surface area contributed by atoms with Gasteiger partial charge in [0.2, 0.25) is 0 Å². The number of hydrogen-bond donors (Lipinski definition) is 0. The second-order valence-electron chi connectivity index (χ2n) is 6.80. The SMILES string of the molecule is O=C(c1cccnc1)N1CCC[C@H](c2ncc(Cc3ccc(F)cc3)o2)C1. The van der Waals surface area contributed by atoms with Gasteiger partial charge in [0.25, 0.3) is 5.91 Å². The van der Waals surface area contributed by atoms with Crippen molar-refractivity contribution in [3.63, 3.8) is 0 Å². The van der Waals surface area contributed by atoms with Crippen LogP contribution in [-0.2, 0) is 6.42 Å².